The number of rotatable bonds is 7. The number of aromatic nitrogens is 2. The number of piperidine rings is 1. The van der Waals surface area contributed by atoms with E-state index in [0.717, 1.165) is 56.5 Å². The molecule has 3 aliphatic rings. The highest BCUT2D eigenvalue weighted by Crippen LogP contribution is 2.45. The van der Waals surface area contributed by atoms with Crippen molar-refractivity contribution in [1.82, 2.24) is 9.97 Å². The molecule has 8 heteroatoms. The number of allylic oxidation sites excluding steroid dienone is 2. The lowest BCUT2D eigenvalue weighted by atomic mass is 9.76. The summed E-state index contributed by atoms with van der Waals surface area (Å²) in [6.45, 7) is 6.68. The van der Waals surface area contributed by atoms with Crippen LogP contribution in [0.3, 0.4) is 0 Å². The summed E-state index contributed by atoms with van der Waals surface area (Å²) in [7, 11) is 1.61. The van der Waals surface area contributed by atoms with Crippen molar-refractivity contribution in [1.29, 1.82) is 0 Å². The lowest BCUT2D eigenvalue weighted by molar-refractivity contribution is -0.116. The molecule has 8 nitrogen and oxygen atoms in total. The maximum atomic E-state index is 13.6. The van der Waals surface area contributed by atoms with Crippen molar-refractivity contribution in [3.05, 3.63) is 50.9 Å². The number of ether oxygens (including phenoxy) is 2. The lowest BCUT2D eigenvalue weighted by Gasteiger charge is -2.34. The van der Waals surface area contributed by atoms with E-state index in [0.29, 0.717) is 53.3 Å². The molecule has 5 rings (SSSR count). The van der Waals surface area contributed by atoms with Crippen molar-refractivity contribution in [3.63, 3.8) is 0 Å². The van der Waals surface area contributed by atoms with Crippen LogP contribution in [-0.4, -0.2) is 42.6 Å². The Bertz CT molecular complexity index is 1230. The summed E-state index contributed by atoms with van der Waals surface area (Å²) < 4.78 is 11.6. The number of carbonyl (C=O) groups excluding carboxylic acids is 1. The van der Waals surface area contributed by atoms with Crippen LogP contribution in [0.15, 0.2) is 34.3 Å². The van der Waals surface area contributed by atoms with Crippen LogP contribution >= 0.6 is 0 Å². The molecule has 1 saturated heterocycles. The van der Waals surface area contributed by atoms with E-state index in [1.54, 1.807) is 7.11 Å². The molecular formula is C28H36N4O4. The third-order valence-corrected chi connectivity index (χ3v) is 7.37. The van der Waals surface area contributed by atoms with Crippen LogP contribution < -0.4 is 25.2 Å². The van der Waals surface area contributed by atoms with Crippen LogP contribution in [0.5, 0.6) is 11.5 Å². The molecule has 0 radical (unpaired) electrons. The molecule has 2 aromatic rings. The average molecular weight is 493 g/mol. The number of H-pyrrole nitrogens is 1. The second-order valence-electron chi connectivity index (χ2n) is 10.4. The number of Topliss-reactive ketones (excluding diaryl/α,β-unsaturated/α-hetero) is 1. The van der Waals surface area contributed by atoms with Gasteiger partial charge in [-0.15, -0.1) is 0 Å². The van der Waals surface area contributed by atoms with Gasteiger partial charge in [0.05, 0.1) is 19.3 Å². The number of carbonyl (C=O) groups is 1. The van der Waals surface area contributed by atoms with E-state index in [-0.39, 0.29) is 11.3 Å². The molecule has 0 unspecified atom stereocenters. The van der Waals surface area contributed by atoms with Crippen LogP contribution in [-0.2, 0) is 4.79 Å². The minimum absolute atomic E-state index is 0.0788. The van der Waals surface area contributed by atoms with Gasteiger partial charge in [0.1, 0.15) is 5.82 Å². The van der Waals surface area contributed by atoms with Gasteiger partial charge in [-0.3, -0.25) is 14.6 Å². The number of aromatic amines is 1. The number of hydrogen-bond acceptors (Lipinski definition) is 7. The van der Waals surface area contributed by atoms with Gasteiger partial charge in [-0.2, -0.15) is 4.98 Å². The highest BCUT2D eigenvalue weighted by molar-refractivity contribution is 6.01. The lowest BCUT2D eigenvalue weighted by Crippen LogP contribution is -2.36. The van der Waals surface area contributed by atoms with Crippen molar-refractivity contribution in [2.45, 2.75) is 64.7 Å². The summed E-state index contributed by atoms with van der Waals surface area (Å²) in [5.74, 6) is 2.52. The molecule has 36 heavy (non-hydrogen) atoms. The number of nitrogens with zero attached hydrogens (tertiary/aromatic N) is 2. The minimum Gasteiger partial charge on any atom is -0.493 e. The monoisotopic (exact) mass is 492 g/mol. The predicted molar refractivity (Wildman–Crippen MR) is 140 cm³/mol. The molecule has 1 atom stereocenters. The van der Waals surface area contributed by atoms with Gasteiger partial charge in [-0.1, -0.05) is 19.9 Å². The van der Waals surface area contributed by atoms with Crippen LogP contribution in [0.1, 0.15) is 75.8 Å². The predicted octanol–water partition coefficient (Wildman–Crippen LogP) is 4.76. The van der Waals surface area contributed by atoms with Crippen molar-refractivity contribution in [2.24, 2.45) is 5.92 Å². The standard InChI is InChI=1S/C28H36N4O4/c1-17(2)12-15-36-21-11-10-18(16-22(21)35-3)23-24-19(8-7-9-20(24)33)29-26-25(23)27(34)31-28(30-26)32-13-5-4-6-14-32/h10-11,16-17,23H,4-9,12-15H2,1-3H3,(H2,29,30,31,34)/t23-/m0/s1. The largest absolute Gasteiger partial charge is 0.493 e. The van der Waals surface area contributed by atoms with Gasteiger partial charge in [-0.25, -0.2) is 0 Å². The van der Waals surface area contributed by atoms with Crippen LogP contribution in [0.4, 0.5) is 11.8 Å². The SMILES string of the molecule is COc1cc([C@H]2C3=C(CCCC3=O)Nc3nc(N4CCCCC4)[nH]c(=O)c32)ccc1OCCC(C)C. The Kier molecular flexibility index (Phi) is 7.03. The first-order valence-electron chi connectivity index (χ1n) is 13.2. The van der Waals surface area contributed by atoms with Gasteiger partial charge in [0.15, 0.2) is 17.3 Å². The average Bonchev–Trinajstić information content (AvgIpc) is 2.88. The Labute approximate surface area is 212 Å². The van der Waals surface area contributed by atoms with Gasteiger partial charge in [0.25, 0.3) is 5.56 Å². The molecule has 2 N–H and O–H groups in total. The number of hydrogen-bond donors (Lipinski definition) is 2. The number of methoxy groups -OCH3 is 1. The molecule has 0 spiro atoms. The minimum atomic E-state index is -0.505. The molecule has 0 bridgehead atoms. The van der Waals surface area contributed by atoms with E-state index >= 15 is 0 Å². The molecule has 1 aromatic heterocycles. The molecule has 0 saturated carbocycles. The Morgan fingerprint density at radius 2 is 1.89 bits per heavy atom. The summed E-state index contributed by atoms with van der Waals surface area (Å²) in [5, 5.41) is 3.37. The molecule has 1 aliphatic carbocycles. The number of ketones is 1. The van der Waals surface area contributed by atoms with E-state index in [9.17, 15) is 9.59 Å². The van der Waals surface area contributed by atoms with Crippen molar-refractivity contribution in [2.75, 3.05) is 37.0 Å². The third-order valence-electron chi connectivity index (χ3n) is 7.37. The summed E-state index contributed by atoms with van der Waals surface area (Å²) in [4.78, 5) is 36.8. The zero-order valence-electron chi connectivity index (χ0n) is 21.5. The fraction of sp³-hybridized carbons (Fsp3) is 0.536. The van der Waals surface area contributed by atoms with E-state index in [4.69, 9.17) is 14.5 Å². The second kappa shape index (κ2) is 10.4. The third kappa shape index (κ3) is 4.73. The highest BCUT2D eigenvalue weighted by atomic mass is 16.5. The first-order chi connectivity index (χ1) is 17.5. The topological polar surface area (TPSA) is 96.5 Å². The maximum Gasteiger partial charge on any atom is 0.258 e. The maximum absolute atomic E-state index is 13.6. The number of benzene rings is 1. The Hall–Kier alpha value is -3.29. The number of anilines is 2. The van der Waals surface area contributed by atoms with E-state index in [1.165, 1.54) is 6.42 Å². The van der Waals surface area contributed by atoms with Crippen LogP contribution in [0.25, 0.3) is 0 Å². The molecule has 192 valence electrons. The fourth-order valence-electron chi connectivity index (χ4n) is 5.43. The second-order valence-corrected chi connectivity index (χ2v) is 10.4. The highest BCUT2D eigenvalue weighted by Gasteiger charge is 2.38. The zero-order valence-corrected chi connectivity index (χ0v) is 21.5. The van der Waals surface area contributed by atoms with E-state index < -0.39 is 5.92 Å². The Morgan fingerprint density at radius 1 is 1.08 bits per heavy atom. The van der Waals surface area contributed by atoms with Crippen LogP contribution in [0.2, 0.25) is 0 Å². The Morgan fingerprint density at radius 3 is 2.64 bits per heavy atom. The molecule has 1 fully saturated rings. The molecular weight excluding hydrogens is 456 g/mol. The summed E-state index contributed by atoms with van der Waals surface area (Å²) in [6.07, 6.45) is 6.36. The zero-order chi connectivity index (χ0) is 25.2. The van der Waals surface area contributed by atoms with E-state index in [2.05, 4.69) is 29.0 Å². The number of nitrogens with one attached hydrogen (secondary N) is 2. The summed E-state index contributed by atoms with van der Waals surface area (Å²) >= 11 is 0. The summed E-state index contributed by atoms with van der Waals surface area (Å²) in [5.41, 5.74) is 2.65. The molecule has 0 amide bonds. The number of fused-ring (bicyclic) bond motifs is 1. The molecule has 3 heterocycles. The first kappa shape index (κ1) is 24.4. The van der Waals surface area contributed by atoms with Gasteiger partial charge < -0.3 is 19.7 Å². The normalized spacial score (nSPS) is 19.6. The molecule has 2 aliphatic heterocycles. The summed E-state index contributed by atoms with van der Waals surface area (Å²) in [6, 6.07) is 5.72. The van der Waals surface area contributed by atoms with Crippen molar-refractivity contribution >= 4 is 17.5 Å². The quantitative estimate of drug-likeness (QED) is 0.575. The van der Waals surface area contributed by atoms with Crippen molar-refractivity contribution < 1.29 is 14.3 Å². The fourth-order valence-corrected chi connectivity index (χ4v) is 5.43. The van der Waals surface area contributed by atoms with Gasteiger partial charge >= 0.3 is 0 Å². The van der Waals surface area contributed by atoms with Gasteiger partial charge in [0, 0.05) is 36.7 Å². The van der Waals surface area contributed by atoms with Crippen molar-refractivity contribution in [3.8, 4) is 11.5 Å². The van der Waals surface area contributed by atoms with Crippen LogP contribution in [0, 0.1) is 5.92 Å². The van der Waals surface area contributed by atoms with Gasteiger partial charge in [-0.05, 0) is 62.1 Å². The Balaban J connectivity index is 1.57. The smallest absolute Gasteiger partial charge is 0.258 e. The molecule has 1 aromatic carbocycles. The first-order valence-corrected chi connectivity index (χ1v) is 13.2. The van der Waals surface area contributed by atoms with E-state index in [1.807, 2.05) is 18.2 Å². The van der Waals surface area contributed by atoms with Gasteiger partial charge in [0.2, 0.25) is 5.95 Å².